The molecule has 0 N–H and O–H groups in total. The Morgan fingerprint density at radius 3 is 2.16 bits per heavy atom. The van der Waals surface area contributed by atoms with Crippen molar-refractivity contribution in [2.24, 2.45) is 0 Å². The fourth-order valence-electron chi connectivity index (χ4n) is 5.61. The molecule has 3 aromatic rings. The minimum atomic E-state index is -0.793. The summed E-state index contributed by atoms with van der Waals surface area (Å²) in [6.45, 7) is 2.56. The Hall–Kier alpha value is -2.72. The third-order valence-electron chi connectivity index (χ3n) is 7.27. The topological polar surface area (TPSA) is 46.6 Å². The summed E-state index contributed by atoms with van der Waals surface area (Å²) in [5.74, 6) is 0.184. The molecule has 186 valence electrons. The normalized spacial score (nSPS) is 26.8. The number of morpholine rings is 1. The van der Waals surface area contributed by atoms with E-state index >= 15 is 0 Å². The van der Waals surface area contributed by atoms with Gasteiger partial charge in [0.05, 0.1) is 0 Å². The van der Waals surface area contributed by atoms with Crippen LogP contribution in [0.5, 0.6) is 0 Å². The summed E-state index contributed by atoms with van der Waals surface area (Å²) >= 11 is -0.322. The maximum absolute atomic E-state index is 14.4. The van der Waals surface area contributed by atoms with Crippen molar-refractivity contribution in [3.63, 3.8) is 0 Å². The quantitative estimate of drug-likeness (QED) is 0.399. The Morgan fingerprint density at radius 2 is 1.51 bits per heavy atom. The number of carbonyl (C=O) groups excluding carboxylic acids is 2. The van der Waals surface area contributed by atoms with Crippen molar-refractivity contribution >= 4 is 56.1 Å². The van der Waals surface area contributed by atoms with Crippen LogP contribution in [0.1, 0.15) is 18.9 Å². The van der Waals surface area contributed by atoms with Crippen LogP contribution in [0.15, 0.2) is 108 Å². The molecule has 6 rings (SSSR count). The predicted octanol–water partition coefficient (Wildman–Crippen LogP) is 3.14. The van der Waals surface area contributed by atoms with Gasteiger partial charge in [-0.1, -0.05) is 0 Å². The van der Waals surface area contributed by atoms with Crippen molar-refractivity contribution in [2.75, 3.05) is 6.61 Å². The molecule has 1 saturated heterocycles. The fourth-order valence-corrected chi connectivity index (χ4v) is 10.5. The number of hydrogen-bond acceptors (Lipinski definition) is 3. The molecule has 4 atom stereocenters. The number of allylic oxidation sites excluding steroid dienone is 1. The van der Waals surface area contributed by atoms with Crippen LogP contribution in [0.2, 0.25) is 4.82 Å². The molecular weight excluding hydrogens is 592 g/mol. The van der Waals surface area contributed by atoms with E-state index in [0.29, 0.717) is 6.61 Å². The first kappa shape index (κ1) is 24.6. The van der Waals surface area contributed by atoms with Crippen LogP contribution in [0, 0.1) is 0 Å². The monoisotopic (exact) mass is 621 g/mol. The van der Waals surface area contributed by atoms with Crippen LogP contribution in [0.4, 0.5) is 0 Å². The van der Waals surface area contributed by atoms with Gasteiger partial charge in [0, 0.05) is 0 Å². The molecule has 0 saturated carbocycles. The zero-order chi connectivity index (χ0) is 25.4. The SMILES string of the molecule is CCC1COC2C([Se]c3ccccc3)C(=O)C=CC23C(c2ccccc2)=C([Se]c2ccccc2)C(=O)N13. The minimum absolute atomic E-state index is 0.0470. The summed E-state index contributed by atoms with van der Waals surface area (Å²) < 4.78 is 9.85. The third-order valence-corrected chi connectivity index (χ3v) is 12.2. The first-order valence-electron chi connectivity index (χ1n) is 12.6. The second kappa shape index (κ2) is 10.2. The molecule has 3 aliphatic rings. The number of ketones is 1. The molecule has 6 heteroatoms. The molecule has 0 aromatic heterocycles. The summed E-state index contributed by atoms with van der Waals surface area (Å²) in [7, 11) is 0. The summed E-state index contributed by atoms with van der Waals surface area (Å²) in [4.78, 5) is 29.6. The standard InChI is InChI=1S/C31H27NO3Se2/c1-2-22-20-35-29-27(36-23-14-8-4-9-15-23)25(33)18-19-31(29)26(21-12-6-3-7-13-21)28(30(34)32(22)31)37-24-16-10-5-11-17-24/h3-19,22,27,29H,2,20H2,1H3. The number of benzene rings is 3. The van der Waals surface area contributed by atoms with Gasteiger partial charge in [0.25, 0.3) is 0 Å². The predicted molar refractivity (Wildman–Crippen MR) is 148 cm³/mol. The van der Waals surface area contributed by atoms with E-state index in [-0.39, 0.29) is 52.5 Å². The molecule has 4 nitrogen and oxygen atoms in total. The number of carbonyl (C=O) groups is 2. The van der Waals surface area contributed by atoms with Crippen LogP contribution < -0.4 is 8.92 Å². The van der Waals surface area contributed by atoms with E-state index in [1.165, 1.54) is 0 Å². The number of rotatable bonds is 6. The van der Waals surface area contributed by atoms with E-state index in [1.54, 1.807) is 6.08 Å². The summed E-state index contributed by atoms with van der Waals surface area (Å²) in [5.41, 5.74) is 1.25. The number of ether oxygens (including phenoxy) is 1. The van der Waals surface area contributed by atoms with Gasteiger partial charge in [-0.05, 0) is 0 Å². The molecule has 1 spiro atoms. The molecule has 0 radical (unpaired) electrons. The summed E-state index contributed by atoms with van der Waals surface area (Å²) in [5, 5.41) is 0. The summed E-state index contributed by atoms with van der Waals surface area (Å²) in [6, 6.07) is 30.7. The van der Waals surface area contributed by atoms with E-state index in [2.05, 4.69) is 48.2 Å². The van der Waals surface area contributed by atoms with E-state index < -0.39 is 11.6 Å². The molecule has 1 aliphatic carbocycles. The van der Waals surface area contributed by atoms with Gasteiger partial charge in [-0.2, -0.15) is 0 Å². The van der Waals surface area contributed by atoms with Crippen molar-refractivity contribution in [3.05, 3.63) is 113 Å². The second-order valence-corrected chi connectivity index (χ2v) is 14.2. The Labute approximate surface area is 230 Å². The maximum atomic E-state index is 14.4. The van der Waals surface area contributed by atoms with Crippen molar-refractivity contribution < 1.29 is 14.3 Å². The molecule has 1 fully saturated rings. The van der Waals surface area contributed by atoms with E-state index in [1.807, 2.05) is 60.7 Å². The first-order valence-corrected chi connectivity index (χ1v) is 16.1. The van der Waals surface area contributed by atoms with Crippen molar-refractivity contribution in [1.82, 2.24) is 4.90 Å². The zero-order valence-electron chi connectivity index (χ0n) is 20.4. The number of nitrogens with zero attached hydrogens (tertiary/aromatic N) is 1. The number of hydrogen-bond donors (Lipinski definition) is 0. The van der Waals surface area contributed by atoms with Crippen molar-refractivity contribution in [2.45, 2.75) is 35.8 Å². The molecule has 4 unspecified atom stereocenters. The Balaban J connectivity index is 1.56. The molecule has 1 amide bonds. The van der Waals surface area contributed by atoms with Crippen LogP contribution in [-0.2, 0) is 14.3 Å². The molecule has 3 aromatic carbocycles. The van der Waals surface area contributed by atoms with E-state index in [4.69, 9.17) is 4.74 Å². The van der Waals surface area contributed by atoms with Gasteiger partial charge < -0.3 is 0 Å². The van der Waals surface area contributed by atoms with E-state index in [9.17, 15) is 9.59 Å². The van der Waals surface area contributed by atoms with Gasteiger partial charge in [-0.3, -0.25) is 0 Å². The van der Waals surface area contributed by atoms with Crippen LogP contribution in [0.3, 0.4) is 0 Å². The van der Waals surface area contributed by atoms with Gasteiger partial charge in [0.2, 0.25) is 0 Å². The molecule has 37 heavy (non-hydrogen) atoms. The summed E-state index contributed by atoms with van der Waals surface area (Å²) in [6.07, 6.45) is 4.10. The first-order chi connectivity index (χ1) is 18.1. The average Bonchev–Trinajstić information content (AvgIpc) is 3.19. The third kappa shape index (κ3) is 4.18. The number of amides is 1. The van der Waals surface area contributed by atoms with Crippen LogP contribution in [0.25, 0.3) is 5.57 Å². The van der Waals surface area contributed by atoms with Crippen LogP contribution in [-0.4, -0.2) is 70.8 Å². The van der Waals surface area contributed by atoms with Crippen molar-refractivity contribution in [1.29, 1.82) is 0 Å². The van der Waals surface area contributed by atoms with Gasteiger partial charge in [0.1, 0.15) is 0 Å². The Bertz CT molecular complexity index is 1370. The van der Waals surface area contributed by atoms with Gasteiger partial charge in [-0.15, -0.1) is 0 Å². The average molecular weight is 619 g/mol. The van der Waals surface area contributed by atoms with Gasteiger partial charge in [-0.25, -0.2) is 0 Å². The second-order valence-electron chi connectivity index (χ2n) is 9.39. The molecule has 0 bridgehead atoms. The molecule has 2 heterocycles. The van der Waals surface area contributed by atoms with Crippen molar-refractivity contribution in [3.8, 4) is 0 Å². The Morgan fingerprint density at radius 1 is 0.892 bits per heavy atom. The molecule has 2 aliphatic heterocycles. The van der Waals surface area contributed by atoms with Gasteiger partial charge >= 0.3 is 231 Å². The van der Waals surface area contributed by atoms with Crippen LogP contribution >= 0.6 is 0 Å². The Kier molecular flexibility index (Phi) is 6.79. The van der Waals surface area contributed by atoms with Gasteiger partial charge in [0.15, 0.2) is 0 Å². The van der Waals surface area contributed by atoms with E-state index in [0.717, 1.165) is 31.0 Å². The zero-order valence-corrected chi connectivity index (χ0v) is 23.9. The fraction of sp³-hybridized carbons (Fsp3) is 0.226. The molecular formula is C31H27NO3Se2.